The van der Waals surface area contributed by atoms with Crippen LogP contribution in [0.2, 0.25) is 0 Å². The molecule has 0 bridgehead atoms. The second-order valence-corrected chi connectivity index (χ2v) is 2.80. The first-order valence-corrected chi connectivity index (χ1v) is 3.57. The van der Waals surface area contributed by atoms with Crippen LogP contribution in [0.3, 0.4) is 0 Å². The summed E-state index contributed by atoms with van der Waals surface area (Å²) in [6.07, 6.45) is 2.09. The number of hydrogen-bond donors (Lipinski definition) is 2. The first-order valence-electron chi connectivity index (χ1n) is 3.16. The van der Waals surface area contributed by atoms with Crippen molar-refractivity contribution in [2.45, 2.75) is 6.42 Å². The van der Waals surface area contributed by atoms with Crippen molar-refractivity contribution in [3.05, 3.63) is 11.9 Å². The van der Waals surface area contributed by atoms with Crippen molar-refractivity contribution in [2.24, 2.45) is 0 Å². The number of rotatable bonds is 0. The van der Waals surface area contributed by atoms with Gasteiger partial charge in [-0.05, 0) is 0 Å². The Bertz CT molecular complexity index is 322. The van der Waals surface area contributed by atoms with Gasteiger partial charge in [0, 0.05) is 12.0 Å². The summed E-state index contributed by atoms with van der Waals surface area (Å²) >= 11 is 4.95. The third kappa shape index (κ3) is 0.932. The van der Waals surface area contributed by atoms with Gasteiger partial charge in [0.25, 0.3) is 0 Å². The molecule has 1 aromatic heterocycles. The summed E-state index contributed by atoms with van der Waals surface area (Å²) in [5.41, 5.74) is 6.50. The Kier molecular flexibility index (Phi) is 1.25. The highest BCUT2D eigenvalue weighted by molar-refractivity contribution is 7.80. The number of hydrogen-bond acceptors (Lipinski definition) is 4. The highest BCUT2D eigenvalue weighted by atomic mass is 32.1. The predicted octanol–water partition coefficient (Wildman–Crippen LogP) is 0.354. The van der Waals surface area contributed by atoms with Crippen LogP contribution in [0.4, 0.5) is 11.6 Å². The Hall–Kier alpha value is -1.23. The van der Waals surface area contributed by atoms with E-state index in [1.807, 2.05) is 0 Å². The second-order valence-electron chi connectivity index (χ2n) is 2.31. The van der Waals surface area contributed by atoms with Crippen LogP contribution in [0, 0.1) is 0 Å². The molecule has 0 saturated heterocycles. The first kappa shape index (κ1) is 6.48. The fraction of sp³-hybridized carbons (Fsp3) is 0.167. The molecule has 1 aromatic rings. The molecule has 4 nitrogen and oxygen atoms in total. The van der Waals surface area contributed by atoms with Gasteiger partial charge in [-0.15, -0.1) is 0 Å². The maximum Gasteiger partial charge on any atom is 0.139 e. The fourth-order valence-corrected chi connectivity index (χ4v) is 1.29. The van der Waals surface area contributed by atoms with Gasteiger partial charge in [0.15, 0.2) is 0 Å². The van der Waals surface area contributed by atoms with Crippen molar-refractivity contribution < 1.29 is 0 Å². The fourth-order valence-electron chi connectivity index (χ4n) is 1.04. The Morgan fingerprint density at radius 1 is 1.55 bits per heavy atom. The molecule has 1 aliphatic heterocycles. The zero-order chi connectivity index (χ0) is 7.84. The highest BCUT2D eigenvalue weighted by Crippen LogP contribution is 2.23. The van der Waals surface area contributed by atoms with Crippen LogP contribution in [-0.2, 0) is 6.42 Å². The van der Waals surface area contributed by atoms with E-state index >= 15 is 0 Å². The van der Waals surface area contributed by atoms with Crippen LogP contribution < -0.4 is 11.1 Å². The van der Waals surface area contributed by atoms with Gasteiger partial charge in [0.2, 0.25) is 0 Å². The van der Waals surface area contributed by atoms with E-state index in [1.165, 1.54) is 6.33 Å². The number of nitrogens with two attached hydrogens (primary N) is 1. The van der Waals surface area contributed by atoms with Gasteiger partial charge in [-0.2, -0.15) is 0 Å². The van der Waals surface area contributed by atoms with E-state index in [1.54, 1.807) is 0 Å². The molecule has 0 amide bonds. The molecule has 0 aromatic carbocycles. The minimum Gasteiger partial charge on any atom is -0.383 e. The van der Waals surface area contributed by atoms with Crippen molar-refractivity contribution in [1.29, 1.82) is 0 Å². The normalized spacial score (nSPS) is 14.4. The molecule has 0 aliphatic carbocycles. The van der Waals surface area contributed by atoms with Gasteiger partial charge in [0.1, 0.15) is 18.0 Å². The van der Waals surface area contributed by atoms with E-state index in [9.17, 15) is 0 Å². The number of anilines is 2. The molecule has 2 rings (SSSR count). The number of aromatic nitrogens is 2. The van der Waals surface area contributed by atoms with Gasteiger partial charge >= 0.3 is 0 Å². The SMILES string of the molecule is Nc1ncnc2c1CC(=S)N2. The van der Waals surface area contributed by atoms with Crippen LogP contribution in [0.1, 0.15) is 5.56 Å². The van der Waals surface area contributed by atoms with Gasteiger partial charge in [0.05, 0.1) is 4.99 Å². The Labute approximate surface area is 68.8 Å². The van der Waals surface area contributed by atoms with E-state index in [0.29, 0.717) is 12.2 Å². The number of nitrogen functional groups attached to an aromatic ring is 1. The number of fused-ring (bicyclic) bond motifs is 1. The molecule has 0 radical (unpaired) electrons. The van der Waals surface area contributed by atoms with Gasteiger partial charge in [-0.25, -0.2) is 9.97 Å². The van der Waals surface area contributed by atoms with E-state index in [-0.39, 0.29) is 0 Å². The average molecular weight is 166 g/mol. The number of nitrogens with one attached hydrogen (secondary N) is 1. The third-order valence-corrected chi connectivity index (χ3v) is 1.82. The Balaban J connectivity index is 2.57. The molecule has 3 N–H and O–H groups in total. The molecule has 0 spiro atoms. The van der Waals surface area contributed by atoms with Crippen LogP contribution in [0.25, 0.3) is 0 Å². The van der Waals surface area contributed by atoms with E-state index in [0.717, 1.165) is 16.4 Å². The molecule has 56 valence electrons. The molecule has 5 heteroatoms. The lowest BCUT2D eigenvalue weighted by Gasteiger charge is -1.97. The van der Waals surface area contributed by atoms with Gasteiger partial charge in [-0.1, -0.05) is 12.2 Å². The van der Waals surface area contributed by atoms with Crippen molar-refractivity contribution >= 4 is 28.8 Å². The smallest absolute Gasteiger partial charge is 0.139 e. The number of thiocarbonyl (C=S) groups is 1. The standard InChI is InChI=1S/C6H6N4S/c7-5-3-1-4(11)10-6(3)9-2-8-5/h2H,1H2,(H3,7,8,9,10,11). The van der Waals surface area contributed by atoms with Gasteiger partial charge < -0.3 is 11.1 Å². The topological polar surface area (TPSA) is 63.8 Å². The van der Waals surface area contributed by atoms with Crippen LogP contribution in [-0.4, -0.2) is 15.0 Å². The lowest BCUT2D eigenvalue weighted by molar-refractivity contribution is 1.15. The quantitative estimate of drug-likeness (QED) is 0.545. The average Bonchev–Trinajstić information content (AvgIpc) is 2.31. The highest BCUT2D eigenvalue weighted by Gasteiger charge is 2.18. The minimum absolute atomic E-state index is 0.516. The molecule has 0 fully saturated rings. The van der Waals surface area contributed by atoms with Crippen LogP contribution >= 0.6 is 12.2 Å². The molecule has 0 saturated carbocycles. The summed E-state index contributed by atoms with van der Waals surface area (Å²) in [5, 5.41) is 2.94. The predicted molar refractivity (Wildman–Crippen MR) is 46.4 cm³/mol. The summed E-state index contributed by atoms with van der Waals surface area (Å²) in [7, 11) is 0. The molecular weight excluding hydrogens is 160 g/mol. The minimum atomic E-state index is 0.516. The lowest BCUT2D eigenvalue weighted by atomic mass is 10.2. The lowest BCUT2D eigenvalue weighted by Crippen LogP contribution is -2.01. The van der Waals surface area contributed by atoms with Crippen molar-refractivity contribution in [3.63, 3.8) is 0 Å². The summed E-state index contributed by atoms with van der Waals surface area (Å²) in [6, 6.07) is 0. The summed E-state index contributed by atoms with van der Waals surface area (Å²) in [5.74, 6) is 1.27. The molecule has 11 heavy (non-hydrogen) atoms. The summed E-state index contributed by atoms with van der Waals surface area (Å²) in [6.45, 7) is 0. The monoisotopic (exact) mass is 166 g/mol. The second kappa shape index (κ2) is 2.13. The summed E-state index contributed by atoms with van der Waals surface area (Å²) < 4.78 is 0. The van der Waals surface area contributed by atoms with Crippen LogP contribution in [0.5, 0.6) is 0 Å². The van der Waals surface area contributed by atoms with Crippen molar-refractivity contribution in [2.75, 3.05) is 11.1 Å². The Morgan fingerprint density at radius 2 is 2.36 bits per heavy atom. The Morgan fingerprint density at radius 3 is 3.09 bits per heavy atom. The van der Waals surface area contributed by atoms with Crippen molar-refractivity contribution in [3.8, 4) is 0 Å². The maximum atomic E-state index is 5.58. The zero-order valence-corrected chi connectivity index (χ0v) is 6.48. The first-order chi connectivity index (χ1) is 5.27. The number of nitrogens with zero attached hydrogens (tertiary/aromatic N) is 2. The molecule has 1 aliphatic rings. The van der Waals surface area contributed by atoms with E-state index in [4.69, 9.17) is 18.0 Å². The van der Waals surface area contributed by atoms with Gasteiger partial charge in [-0.3, -0.25) is 0 Å². The molecule has 2 heterocycles. The summed E-state index contributed by atoms with van der Waals surface area (Å²) in [4.78, 5) is 8.59. The molecule has 0 unspecified atom stereocenters. The van der Waals surface area contributed by atoms with Crippen molar-refractivity contribution in [1.82, 2.24) is 9.97 Å². The molecule has 0 atom stereocenters. The third-order valence-electron chi connectivity index (χ3n) is 1.57. The van der Waals surface area contributed by atoms with Crippen LogP contribution in [0.15, 0.2) is 6.33 Å². The van der Waals surface area contributed by atoms with E-state index < -0.39 is 0 Å². The molecular formula is C6H6N4S. The zero-order valence-electron chi connectivity index (χ0n) is 5.66. The van der Waals surface area contributed by atoms with E-state index in [2.05, 4.69) is 15.3 Å². The maximum absolute atomic E-state index is 5.58. The largest absolute Gasteiger partial charge is 0.383 e.